The minimum absolute atomic E-state index is 0.244. The number of nitrogens with two attached hydrogens (primary N) is 1. The highest BCUT2D eigenvalue weighted by Gasteiger charge is 2.38. The van der Waals surface area contributed by atoms with E-state index in [1.807, 2.05) is 0 Å². The SMILES string of the molecule is COC(=O)Cc1c(C(F)(F)F)ncc(CN)c1C(F)F. The fourth-order valence-corrected chi connectivity index (χ4v) is 1.69. The van der Waals surface area contributed by atoms with Crippen molar-refractivity contribution in [2.75, 3.05) is 7.11 Å². The number of carbonyl (C=O) groups excluding carboxylic acids is 1. The summed E-state index contributed by atoms with van der Waals surface area (Å²) < 4.78 is 68.6. The molecule has 1 rings (SSSR count). The van der Waals surface area contributed by atoms with Crippen molar-refractivity contribution in [3.8, 4) is 0 Å². The summed E-state index contributed by atoms with van der Waals surface area (Å²) in [5, 5.41) is 0. The van der Waals surface area contributed by atoms with E-state index < -0.39 is 48.4 Å². The molecule has 0 saturated carbocycles. The molecule has 0 atom stereocenters. The number of rotatable bonds is 4. The standard InChI is InChI=1S/C11H11F5N2O2/c1-20-7(19)2-6-8(10(12)13)5(3-17)4-18-9(6)11(14,15)16/h4,10H,2-3,17H2,1H3. The van der Waals surface area contributed by atoms with Crippen LogP contribution in [0.2, 0.25) is 0 Å². The highest BCUT2D eigenvalue weighted by molar-refractivity contribution is 5.73. The highest BCUT2D eigenvalue weighted by Crippen LogP contribution is 2.36. The largest absolute Gasteiger partial charge is 0.469 e. The summed E-state index contributed by atoms with van der Waals surface area (Å²) in [6, 6.07) is 0. The Kier molecular flexibility index (Phi) is 4.98. The Bertz CT molecular complexity index is 502. The molecule has 0 bridgehead atoms. The van der Waals surface area contributed by atoms with Crippen molar-refractivity contribution in [3.63, 3.8) is 0 Å². The Hall–Kier alpha value is -1.77. The van der Waals surface area contributed by atoms with E-state index in [0.717, 1.165) is 7.11 Å². The Labute approximate surface area is 110 Å². The van der Waals surface area contributed by atoms with Gasteiger partial charge < -0.3 is 10.5 Å². The van der Waals surface area contributed by atoms with Gasteiger partial charge in [0.05, 0.1) is 13.5 Å². The quantitative estimate of drug-likeness (QED) is 0.683. The van der Waals surface area contributed by atoms with Crippen LogP contribution in [0.5, 0.6) is 0 Å². The van der Waals surface area contributed by atoms with Gasteiger partial charge in [0.25, 0.3) is 6.43 Å². The molecule has 1 aromatic rings. The van der Waals surface area contributed by atoms with Crippen LogP contribution in [-0.2, 0) is 28.7 Å². The van der Waals surface area contributed by atoms with Gasteiger partial charge in [-0.2, -0.15) is 13.2 Å². The number of carbonyl (C=O) groups is 1. The first kappa shape index (κ1) is 16.3. The summed E-state index contributed by atoms with van der Waals surface area (Å²) in [5.74, 6) is -1.08. The lowest BCUT2D eigenvalue weighted by Gasteiger charge is -2.17. The Morgan fingerprint density at radius 1 is 1.45 bits per heavy atom. The third kappa shape index (κ3) is 3.41. The maximum Gasteiger partial charge on any atom is 0.433 e. The summed E-state index contributed by atoms with van der Waals surface area (Å²) in [4.78, 5) is 14.2. The topological polar surface area (TPSA) is 65.2 Å². The van der Waals surface area contributed by atoms with Crippen LogP contribution in [-0.4, -0.2) is 18.1 Å². The lowest BCUT2D eigenvalue weighted by atomic mass is 9.98. The highest BCUT2D eigenvalue weighted by atomic mass is 19.4. The normalized spacial score (nSPS) is 11.8. The van der Waals surface area contributed by atoms with Crippen molar-refractivity contribution < 1.29 is 31.5 Å². The number of methoxy groups -OCH3 is 1. The summed E-state index contributed by atoms with van der Waals surface area (Å²) in [6.07, 6.45) is -8.48. The van der Waals surface area contributed by atoms with Crippen molar-refractivity contribution in [2.45, 2.75) is 25.6 Å². The molecule has 0 aliphatic rings. The van der Waals surface area contributed by atoms with Gasteiger partial charge in [0.15, 0.2) is 0 Å². The number of aromatic nitrogens is 1. The van der Waals surface area contributed by atoms with Gasteiger partial charge in [-0.05, 0) is 5.56 Å². The summed E-state index contributed by atoms with van der Waals surface area (Å²) >= 11 is 0. The van der Waals surface area contributed by atoms with Crippen molar-refractivity contribution in [2.24, 2.45) is 5.73 Å². The van der Waals surface area contributed by atoms with Gasteiger partial charge in [-0.3, -0.25) is 9.78 Å². The number of hydrogen-bond donors (Lipinski definition) is 1. The van der Waals surface area contributed by atoms with Crippen molar-refractivity contribution >= 4 is 5.97 Å². The molecule has 0 saturated heterocycles. The molecule has 0 aliphatic carbocycles. The van der Waals surface area contributed by atoms with E-state index in [-0.39, 0.29) is 5.56 Å². The first-order chi connectivity index (χ1) is 9.22. The Balaban J connectivity index is 3.55. The number of hydrogen-bond acceptors (Lipinski definition) is 4. The molecule has 112 valence electrons. The van der Waals surface area contributed by atoms with Crippen LogP contribution >= 0.6 is 0 Å². The summed E-state index contributed by atoms with van der Waals surface area (Å²) in [5.41, 5.74) is 1.62. The lowest BCUT2D eigenvalue weighted by molar-refractivity contribution is -0.143. The van der Waals surface area contributed by atoms with Crippen LogP contribution in [0.4, 0.5) is 22.0 Å². The van der Waals surface area contributed by atoms with Gasteiger partial charge in [0.2, 0.25) is 0 Å². The van der Waals surface area contributed by atoms with E-state index in [1.54, 1.807) is 0 Å². The molecule has 0 fully saturated rings. The zero-order valence-corrected chi connectivity index (χ0v) is 10.3. The molecule has 1 aromatic heterocycles. The maximum atomic E-state index is 13.0. The second kappa shape index (κ2) is 6.12. The number of halogens is 5. The van der Waals surface area contributed by atoms with E-state index in [9.17, 15) is 26.7 Å². The van der Waals surface area contributed by atoms with Gasteiger partial charge in [0.1, 0.15) is 5.69 Å². The average molecular weight is 298 g/mol. The van der Waals surface area contributed by atoms with Gasteiger partial charge in [-0.1, -0.05) is 0 Å². The van der Waals surface area contributed by atoms with Gasteiger partial charge in [0, 0.05) is 23.9 Å². The van der Waals surface area contributed by atoms with Crippen LogP contribution in [0.3, 0.4) is 0 Å². The van der Waals surface area contributed by atoms with E-state index in [1.165, 1.54) is 0 Å². The molecular weight excluding hydrogens is 287 g/mol. The van der Waals surface area contributed by atoms with Gasteiger partial charge >= 0.3 is 12.1 Å². The number of alkyl halides is 5. The molecular formula is C11H11F5N2O2. The van der Waals surface area contributed by atoms with Crippen molar-refractivity contribution in [3.05, 3.63) is 28.6 Å². The molecule has 0 spiro atoms. The average Bonchev–Trinajstić information content (AvgIpc) is 2.35. The van der Waals surface area contributed by atoms with Gasteiger partial charge in [-0.25, -0.2) is 8.78 Å². The van der Waals surface area contributed by atoms with E-state index >= 15 is 0 Å². The third-order valence-electron chi connectivity index (χ3n) is 2.56. The van der Waals surface area contributed by atoms with Crippen LogP contribution in [0.25, 0.3) is 0 Å². The second-order valence-corrected chi connectivity index (χ2v) is 3.78. The van der Waals surface area contributed by atoms with E-state index in [0.29, 0.717) is 6.20 Å². The number of ether oxygens (including phenoxy) is 1. The second-order valence-electron chi connectivity index (χ2n) is 3.78. The van der Waals surface area contributed by atoms with Crippen LogP contribution in [0.15, 0.2) is 6.20 Å². The molecule has 0 aliphatic heterocycles. The van der Waals surface area contributed by atoms with Crippen LogP contribution in [0, 0.1) is 0 Å². The summed E-state index contributed by atoms with van der Waals surface area (Å²) in [7, 11) is 0.942. The van der Waals surface area contributed by atoms with E-state index in [4.69, 9.17) is 5.73 Å². The zero-order valence-electron chi connectivity index (χ0n) is 10.3. The predicted molar refractivity (Wildman–Crippen MR) is 57.8 cm³/mol. The fraction of sp³-hybridized carbons (Fsp3) is 0.455. The van der Waals surface area contributed by atoms with Crippen LogP contribution in [0.1, 0.15) is 28.8 Å². The molecule has 0 amide bonds. The number of esters is 1. The first-order valence-corrected chi connectivity index (χ1v) is 5.35. The monoisotopic (exact) mass is 298 g/mol. The first-order valence-electron chi connectivity index (χ1n) is 5.35. The smallest absolute Gasteiger partial charge is 0.433 e. The molecule has 9 heteroatoms. The number of pyridine rings is 1. The minimum Gasteiger partial charge on any atom is -0.469 e. The van der Waals surface area contributed by atoms with Crippen molar-refractivity contribution in [1.82, 2.24) is 4.98 Å². The predicted octanol–water partition coefficient (Wildman–Crippen LogP) is 2.21. The third-order valence-corrected chi connectivity index (χ3v) is 2.56. The lowest BCUT2D eigenvalue weighted by Crippen LogP contribution is -2.20. The molecule has 0 aromatic carbocycles. The Morgan fingerprint density at radius 2 is 2.05 bits per heavy atom. The molecule has 1 heterocycles. The number of nitrogens with zero attached hydrogens (tertiary/aromatic N) is 1. The van der Waals surface area contributed by atoms with Gasteiger partial charge in [-0.15, -0.1) is 0 Å². The van der Waals surface area contributed by atoms with Crippen molar-refractivity contribution in [1.29, 1.82) is 0 Å². The summed E-state index contributed by atoms with van der Waals surface area (Å²) in [6.45, 7) is -0.418. The zero-order chi connectivity index (χ0) is 15.5. The maximum absolute atomic E-state index is 13.0. The molecule has 4 nitrogen and oxygen atoms in total. The van der Waals surface area contributed by atoms with Crippen LogP contribution < -0.4 is 5.73 Å². The molecule has 0 radical (unpaired) electrons. The Morgan fingerprint density at radius 3 is 2.45 bits per heavy atom. The molecule has 0 unspecified atom stereocenters. The molecule has 20 heavy (non-hydrogen) atoms. The minimum atomic E-state index is -4.96. The fourth-order valence-electron chi connectivity index (χ4n) is 1.69. The molecule has 2 N–H and O–H groups in total. The van der Waals surface area contributed by atoms with E-state index in [2.05, 4.69) is 9.72 Å².